The molecule has 152 valence electrons. The molecule has 7 nitrogen and oxygen atoms in total. The lowest BCUT2D eigenvalue weighted by molar-refractivity contribution is -0.147. The number of amides is 1. The number of fused-ring (bicyclic) bond motifs is 1. The molecule has 0 bridgehead atoms. The van der Waals surface area contributed by atoms with Gasteiger partial charge in [0.25, 0.3) is 11.5 Å². The lowest BCUT2D eigenvalue weighted by Gasteiger charge is -2.13. The Balaban J connectivity index is 1.65. The Kier molecular flexibility index (Phi) is 6.26. The number of thiophene rings is 1. The predicted molar refractivity (Wildman–Crippen MR) is 113 cm³/mol. The number of nitrogens with one attached hydrogen (secondary N) is 2. The van der Waals surface area contributed by atoms with Crippen molar-refractivity contribution < 1.29 is 14.3 Å². The van der Waals surface area contributed by atoms with E-state index in [0.29, 0.717) is 15.2 Å². The van der Waals surface area contributed by atoms with E-state index in [9.17, 15) is 14.4 Å². The van der Waals surface area contributed by atoms with Gasteiger partial charge in [0.15, 0.2) is 11.9 Å². The lowest BCUT2D eigenvalue weighted by Crippen LogP contribution is -2.31. The van der Waals surface area contributed by atoms with Gasteiger partial charge in [-0.15, -0.1) is 11.3 Å². The number of nitrogens with zero attached hydrogens (tertiary/aromatic N) is 1. The minimum absolute atomic E-state index is 0.174. The summed E-state index contributed by atoms with van der Waals surface area (Å²) in [6, 6.07) is 4.42. The third-order valence-electron chi connectivity index (χ3n) is 4.32. The molecule has 1 atom stereocenters. The third kappa shape index (κ3) is 4.60. The van der Waals surface area contributed by atoms with Gasteiger partial charge in [0.05, 0.1) is 16.0 Å². The molecule has 10 heteroatoms. The van der Waals surface area contributed by atoms with Gasteiger partial charge in [0.2, 0.25) is 0 Å². The molecule has 0 spiro atoms. The number of aromatic nitrogens is 2. The van der Waals surface area contributed by atoms with Gasteiger partial charge in [-0.05, 0) is 44.5 Å². The Morgan fingerprint density at radius 2 is 2.03 bits per heavy atom. The number of ether oxygens (including phenoxy) is 1. The molecule has 29 heavy (non-hydrogen) atoms. The SMILES string of the molecule is Cc1sc2nc(C(C)OC(=O)CNC(=O)c3ccc(Cl)cc3Cl)[nH]c(=O)c2c1C. The maximum atomic E-state index is 12.3. The largest absolute Gasteiger partial charge is 0.453 e. The number of carbonyl (C=O) groups excluding carboxylic acids is 2. The van der Waals surface area contributed by atoms with Crippen molar-refractivity contribution in [1.82, 2.24) is 15.3 Å². The zero-order valence-electron chi connectivity index (χ0n) is 15.8. The fraction of sp³-hybridized carbons (Fsp3) is 0.263. The van der Waals surface area contributed by atoms with Gasteiger partial charge >= 0.3 is 5.97 Å². The molecular weight excluding hydrogens is 437 g/mol. The van der Waals surface area contributed by atoms with Crippen LogP contribution in [0.5, 0.6) is 0 Å². The number of aryl methyl sites for hydroxylation is 2. The first kappa shape index (κ1) is 21.3. The van der Waals surface area contributed by atoms with Crippen molar-refractivity contribution in [3.63, 3.8) is 0 Å². The summed E-state index contributed by atoms with van der Waals surface area (Å²) in [4.78, 5) is 45.3. The van der Waals surface area contributed by atoms with E-state index >= 15 is 0 Å². The fourth-order valence-electron chi connectivity index (χ4n) is 2.68. The number of hydrogen-bond acceptors (Lipinski definition) is 6. The van der Waals surface area contributed by atoms with Crippen molar-refractivity contribution in [1.29, 1.82) is 0 Å². The van der Waals surface area contributed by atoms with Gasteiger partial charge in [-0.2, -0.15) is 0 Å². The molecule has 0 aliphatic heterocycles. The monoisotopic (exact) mass is 453 g/mol. The minimum atomic E-state index is -0.793. The van der Waals surface area contributed by atoms with Crippen LogP contribution in [0.2, 0.25) is 10.0 Å². The summed E-state index contributed by atoms with van der Waals surface area (Å²) in [6.45, 7) is 5.00. The number of rotatable bonds is 5. The Hall–Kier alpha value is -2.42. The number of esters is 1. The molecule has 2 N–H and O–H groups in total. The van der Waals surface area contributed by atoms with Crippen molar-refractivity contribution >= 4 is 56.6 Å². The molecule has 1 amide bonds. The summed E-state index contributed by atoms with van der Waals surface area (Å²) in [6.07, 6.45) is -0.793. The highest BCUT2D eigenvalue weighted by molar-refractivity contribution is 7.18. The molecule has 0 radical (unpaired) electrons. The van der Waals surface area contributed by atoms with Crippen LogP contribution < -0.4 is 10.9 Å². The Morgan fingerprint density at radius 1 is 1.31 bits per heavy atom. The molecule has 1 aromatic carbocycles. The molecule has 0 fully saturated rings. The smallest absolute Gasteiger partial charge is 0.326 e. The van der Waals surface area contributed by atoms with E-state index in [1.807, 2.05) is 13.8 Å². The summed E-state index contributed by atoms with van der Waals surface area (Å²) in [7, 11) is 0. The van der Waals surface area contributed by atoms with Crippen molar-refractivity contribution in [3.8, 4) is 0 Å². The first-order valence-electron chi connectivity index (χ1n) is 8.60. The Bertz CT molecular complexity index is 1170. The van der Waals surface area contributed by atoms with Gasteiger partial charge in [0, 0.05) is 9.90 Å². The Labute approximate surface area is 180 Å². The number of aromatic amines is 1. The minimum Gasteiger partial charge on any atom is -0.453 e. The molecule has 0 aliphatic carbocycles. The van der Waals surface area contributed by atoms with Crippen LogP contribution in [0.3, 0.4) is 0 Å². The van der Waals surface area contributed by atoms with Crippen molar-refractivity contribution in [2.24, 2.45) is 0 Å². The Morgan fingerprint density at radius 3 is 2.72 bits per heavy atom. The van der Waals surface area contributed by atoms with Crippen molar-refractivity contribution in [3.05, 3.63) is 60.4 Å². The fourth-order valence-corrected chi connectivity index (χ4v) is 4.21. The first-order valence-corrected chi connectivity index (χ1v) is 10.2. The van der Waals surface area contributed by atoms with Gasteiger partial charge in [-0.3, -0.25) is 14.4 Å². The van der Waals surface area contributed by atoms with Crippen LogP contribution in [0.4, 0.5) is 0 Å². The average molecular weight is 454 g/mol. The summed E-state index contributed by atoms with van der Waals surface area (Å²) in [5.41, 5.74) is 0.802. The summed E-state index contributed by atoms with van der Waals surface area (Å²) >= 11 is 13.2. The normalized spacial score (nSPS) is 12.0. The second kappa shape index (κ2) is 8.52. The van der Waals surface area contributed by atoms with Crippen LogP contribution in [0.15, 0.2) is 23.0 Å². The van der Waals surface area contributed by atoms with E-state index in [1.54, 1.807) is 6.92 Å². The number of H-pyrrole nitrogens is 1. The van der Waals surface area contributed by atoms with Crippen molar-refractivity contribution in [2.75, 3.05) is 6.54 Å². The quantitative estimate of drug-likeness (QED) is 0.569. The van der Waals surface area contributed by atoms with Gasteiger partial charge in [0.1, 0.15) is 11.4 Å². The molecule has 0 saturated heterocycles. The zero-order chi connectivity index (χ0) is 21.3. The number of benzene rings is 1. The molecule has 3 rings (SSSR count). The second-order valence-corrected chi connectivity index (χ2v) is 8.40. The number of hydrogen-bond donors (Lipinski definition) is 2. The van der Waals surface area contributed by atoms with E-state index < -0.39 is 18.0 Å². The summed E-state index contributed by atoms with van der Waals surface area (Å²) in [5, 5.41) is 3.55. The van der Waals surface area contributed by atoms with Crippen molar-refractivity contribution in [2.45, 2.75) is 26.9 Å². The van der Waals surface area contributed by atoms with Crippen LogP contribution in [0.25, 0.3) is 10.2 Å². The lowest BCUT2D eigenvalue weighted by atomic mass is 10.2. The van der Waals surface area contributed by atoms with Crippen LogP contribution in [0.1, 0.15) is 39.7 Å². The summed E-state index contributed by atoms with van der Waals surface area (Å²) in [5.74, 6) is -0.977. The molecule has 1 unspecified atom stereocenters. The van der Waals surface area contributed by atoms with Gasteiger partial charge in [-0.25, -0.2) is 4.98 Å². The maximum Gasteiger partial charge on any atom is 0.326 e. The van der Waals surface area contributed by atoms with Crippen LogP contribution in [-0.4, -0.2) is 28.4 Å². The summed E-state index contributed by atoms with van der Waals surface area (Å²) < 4.78 is 5.28. The number of halogens is 2. The molecule has 2 aromatic heterocycles. The molecular formula is C19H17Cl2N3O4S. The topological polar surface area (TPSA) is 101 Å². The molecule has 3 aromatic rings. The third-order valence-corrected chi connectivity index (χ3v) is 5.97. The predicted octanol–water partition coefficient (Wildman–Crippen LogP) is 3.94. The van der Waals surface area contributed by atoms with E-state index in [4.69, 9.17) is 27.9 Å². The van der Waals surface area contributed by atoms with Crippen LogP contribution in [0, 0.1) is 13.8 Å². The standard InChI is InChI=1S/C19H17Cl2N3O4S/c1-8-10(3)29-19-15(8)18(27)23-16(24-19)9(2)28-14(25)7-22-17(26)12-5-4-11(20)6-13(12)21/h4-6,9H,7H2,1-3H3,(H,22,26)(H,23,24,27). The van der Waals surface area contributed by atoms with E-state index in [0.717, 1.165) is 10.4 Å². The highest BCUT2D eigenvalue weighted by atomic mass is 35.5. The zero-order valence-corrected chi connectivity index (χ0v) is 18.1. The van der Waals surface area contributed by atoms with Gasteiger partial charge < -0.3 is 15.0 Å². The highest BCUT2D eigenvalue weighted by Crippen LogP contribution is 2.27. The van der Waals surface area contributed by atoms with Gasteiger partial charge in [-0.1, -0.05) is 23.2 Å². The molecule has 0 saturated carbocycles. The van der Waals surface area contributed by atoms with Crippen LogP contribution >= 0.6 is 34.5 Å². The average Bonchev–Trinajstić information content (AvgIpc) is 2.94. The van der Waals surface area contributed by atoms with Crippen LogP contribution in [-0.2, 0) is 9.53 Å². The van der Waals surface area contributed by atoms with E-state index in [1.165, 1.54) is 29.5 Å². The van der Waals surface area contributed by atoms with E-state index in [-0.39, 0.29) is 28.5 Å². The molecule has 0 aliphatic rings. The molecule has 2 heterocycles. The first-order chi connectivity index (χ1) is 13.7. The number of carbonyl (C=O) groups is 2. The second-order valence-electron chi connectivity index (χ2n) is 6.35. The maximum absolute atomic E-state index is 12.3. The van der Waals surface area contributed by atoms with E-state index in [2.05, 4.69) is 15.3 Å². The highest BCUT2D eigenvalue weighted by Gasteiger charge is 2.19.